The molecular formula is C11H8FN3O2. The van der Waals surface area contributed by atoms with E-state index in [2.05, 4.69) is 10.2 Å². The zero-order valence-corrected chi connectivity index (χ0v) is 8.59. The summed E-state index contributed by atoms with van der Waals surface area (Å²) in [6.07, 6.45) is 1.48. The Morgan fingerprint density at radius 2 is 2.18 bits per heavy atom. The first-order chi connectivity index (χ1) is 8.09. The molecule has 0 aliphatic carbocycles. The van der Waals surface area contributed by atoms with E-state index in [9.17, 15) is 9.18 Å². The molecule has 0 saturated heterocycles. The van der Waals surface area contributed by atoms with Crippen molar-refractivity contribution in [3.8, 4) is 11.3 Å². The van der Waals surface area contributed by atoms with E-state index in [0.717, 1.165) is 6.07 Å². The van der Waals surface area contributed by atoms with Crippen molar-refractivity contribution in [2.45, 2.75) is 0 Å². The second-order valence-electron chi connectivity index (χ2n) is 3.34. The minimum atomic E-state index is -1.40. The van der Waals surface area contributed by atoms with Gasteiger partial charge in [-0.25, -0.2) is 9.18 Å². The Morgan fingerprint density at radius 3 is 2.71 bits per heavy atom. The molecule has 0 amide bonds. The topological polar surface area (TPSA) is 89.1 Å². The van der Waals surface area contributed by atoms with Crippen molar-refractivity contribution in [1.29, 1.82) is 0 Å². The van der Waals surface area contributed by atoms with Crippen LogP contribution in [0.15, 0.2) is 30.5 Å². The van der Waals surface area contributed by atoms with Crippen LogP contribution in [-0.2, 0) is 0 Å². The molecule has 0 fully saturated rings. The summed E-state index contributed by atoms with van der Waals surface area (Å²) in [5, 5.41) is 16.2. The van der Waals surface area contributed by atoms with Gasteiger partial charge in [0.25, 0.3) is 0 Å². The second-order valence-corrected chi connectivity index (χ2v) is 3.34. The van der Waals surface area contributed by atoms with Crippen LogP contribution >= 0.6 is 0 Å². The van der Waals surface area contributed by atoms with Gasteiger partial charge >= 0.3 is 5.97 Å². The quantitative estimate of drug-likeness (QED) is 0.768. The highest BCUT2D eigenvalue weighted by Crippen LogP contribution is 2.24. The molecule has 1 aromatic carbocycles. The maximum absolute atomic E-state index is 13.5. The van der Waals surface area contributed by atoms with Crippen molar-refractivity contribution in [2.75, 3.05) is 5.73 Å². The van der Waals surface area contributed by atoms with Crippen molar-refractivity contribution < 1.29 is 14.3 Å². The highest BCUT2D eigenvalue weighted by molar-refractivity contribution is 5.95. The van der Waals surface area contributed by atoms with E-state index < -0.39 is 17.3 Å². The van der Waals surface area contributed by atoms with Crippen LogP contribution in [0.1, 0.15) is 10.4 Å². The van der Waals surface area contributed by atoms with E-state index in [1.807, 2.05) is 0 Å². The Labute approximate surface area is 95.7 Å². The van der Waals surface area contributed by atoms with Crippen LogP contribution in [0.2, 0.25) is 0 Å². The lowest BCUT2D eigenvalue weighted by Gasteiger charge is -2.05. The van der Waals surface area contributed by atoms with Crippen molar-refractivity contribution in [1.82, 2.24) is 10.2 Å². The molecule has 0 radical (unpaired) electrons. The van der Waals surface area contributed by atoms with Gasteiger partial charge in [0.1, 0.15) is 11.4 Å². The van der Waals surface area contributed by atoms with E-state index >= 15 is 0 Å². The Kier molecular flexibility index (Phi) is 2.70. The fourth-order valence-corrected chi connectivity index (χ4v) is 1.46. The first-order valence-electron chi connectivity index (χ1n) is 4.70. The first-order valence-corrected chi connectivity index (χ1v) is 4.70. The standard InChI is InChI=1S/C11H8FN3O2/c12-7-4-6(9-2-1-3-14-15-9)5-8(13)10(7)11(16)17/h1-5H,13H2,(H,16,17). The van der Waals surface area contributed by atoms with Crippen LogP contribution < -0.4 is 5.73 Å². The number of nitrogens with zero attached hydrogens (tertiary/aromatic N) is 2. The highest BCUT2D eigenvalue weighted by Gasteiger charge is 2.16. The number of carboxylic acids is 1. The molecule has 0 spiro atoms. The number of carbonyl (C=O) groups is 1. The molecule has 17 heavy (non-hydrogen) atoms. The smallest absolute Gasteiger partial charge is 0.340 e. The maximum atomic E-state index is 13.5. The molecule has 0 aliphatic heterocycles. The predicted molar refractivity (Wildman–Crippen MR) is 58.8 cm³/mol. The molecule has 2 rings (SSSR count). The van der Waals surface area contributed by atoms with E-state index in [0.29, 0.717) is 11.3 Å². The Morgan fingerprint density at radius 1 is 1.41 bits per heavy atom. The zero-order valence-electron chi connectivity index (χ0n) is 8.59. The molecule has 0 saturated carbocycles. The summed E-state index contributed by atoms with van der Waals surface area (Å²) in [6, 6.07) is 5.70. The van der Waals surface area contributed by atoms with Crippen LogP contribution in [-0.4, -0.2) is 21.3 Å². The average Bonchev–Trinajstić information content (AvgIpc) is 2.28. The number of hydrogen-bond acceptors (Lipinski definition) is 4. The molecule has 1 aromatic heterocycles. The summed E-state index contributed by atoms with van der Waals surface area (Å²) in [5.41, 5.74) is 5.63. The fourth-order valence-electron chi connectivity index (χ4n) is 1.46. The number of nitrogen functional groups attached to an aromatic ring is 1. The molecular weight excluding hydrogens is 225 g/mol. The Hall–Kier alpha value is -2.50. The fraction of sp³-hybridized carbons (Fsp3) is 0. The molecule has 0 bridgehead atoms. The number of hydrogen-bond donors (Lipinski definition) is 2. The number of aromatic carboxylic acids is 1. The minimum absolute atomic E-state index is 0.141. The molecule has 0 aliphatic rings. The van der Waals surface area contributed by atoms with Crippen LogP contribution in [0.3, 0.4) is 0 Å². The van der Waals surface area contributed by atoms with Gasteiger partial charge in [0.15, 0.2) is 0 Å². The van der Waals surface area contributed by atoms with E-state index in [4.69, 9.17) is 10.8 Å². The molecule has 2 aromatic rings. The van der Waals surface area contributed by atoms with Gasteiger partial charge in [-0.1, -0.05) is 0 Å². The molecule has 3 N–H and O–H groups in total. The minimum Gasteiger partial charge on any atom is -0.478 e. The van der Waals surface area contributed by atoms with Gasteiger partial charge in [0.05, 0.1) is 5.69 Å². The summed E-state index contributed by atoms with van der Waals surface area (Å²) in [6.45, 7) is 0. The van der Waals surface area contributed by atoms with Gasteiger partial charge in [-0.15, -0.1) is 0 Å². The van der Waals surface area contributed by atoms with E-state index in [1.165, 1.54) is 12.3 Å². The van der Waals surface area contributed by atoms with Gasteiger partial charge in [0.2, 0.25) is 0 Å². The lowest BCUT2D eigenvalue weighted by Crippen LogP contribution is -2.06. The first kappa shape index (κ1) is 11.0. The molecule has 5 nitrogen and oxygen atoms in total. The third kappa shape index (κ3) is 2.05. The van der Waals surface area contributed by atoms with Crippen molar-refractivity contribution in [3.63, 3.8) is 0 Å². The molecule has 0 unspecified atom stereocenters. The SMILES string of the molecule is Nc1cc(-c2cccnn2)cc(F)c1C(=O)O. The third-order valence-electron chi connectivity index (χ3n) is 2.20. The normalized spacial score (nSPS) is 10.2. The lowest BCUT2D eigenvalue weighted by molar-refractivity contribution is 0.0693. The lowest BCUT2D eigenvalue weighted by atomic mass is 10.1. The number of halogens is 1. The van der Waals surface area contributed by atoms with Gasteiger partial charge < -0.3 is 10.8 Å². The number of rotatable bonds is 2. The number of benzene rings is 1. The van der Waals surface area contributed by atoms with Crippen LogP contribution in [0, 0.1) is 5.82 Å². The second kappa shape index (κ2) is 4.17. The Bertz CT molecular complexity index is 549. The number of nitrogens with two attached hydrogens (primary N) is 1. The summed E-state index contributed by atoms with van der Waals surface area (Å²) < 4.78 is 13.5. The molecule has 0 atom stereocenters. The summed E-state index contributed by atoms with van der Waals surface area (Å²) in [5.74, 6) is -2.29. The predicted octanol–water partition coefficient (Wildman–Crippen LogP) is 1.56. The zero-order chi connectivity index (χ0) is 12.4. The van der Waals surface area contributed by atoms with Crippen molar-refractivity contribution in [2.24, 2.45) is 0 Å². The van der Waals surface area contributed by atoms with Crippen LogP contribution in [0.4, 0.5) is 10.1 Å². The Balaban J connectivity index is 2.57. The van der Waals surface area contributed by atoms with Gasteiger partial charge in [0, 0.05) is 17.4 Å². The molecule has 86 valence electrons. The number of aromatic nitrogens is 2. The summed E-state index contributed by atoms with van der Waals surface area (Å²) in [4.78, 5) is 10.7. The third-order valence-corrected chi connectivity index (χ3v) is 2.20. The van der Waals surface area contributed by atoms with Crippen LogP contribution in [0.5, 0.6) is 0 Å². The highest BCUT2D eigenvalue weighted by atomic mass is 19.1. The summed E-state index contributed by atoms with van der Waals surface area (Å²) in [7, 11) is 0. The average molecular weight is 233 g/mol. The van der Waals surface area contributed by atoms with E-state index in [1.54, 1.807) is 12.1 Å². The van der Waals surface area contributed by atoms with E-state index in [-0.39, 0.29) is 5.69 Å². The van der Waals surface area contributed by atoms with Crippen molar-refractivity contribution >= 4 is 11.7 Å². The number of carboxylic acid groups (broad SMARTS) is 1. The summed E-state index contributed by atoms with van der Waals surface area (Å²) >= 11 is 0. The van der Waals surface area contributed by atoms with Crippen LogP contribution in [0.25, 0.3) is 11.3 Å². The molecule has 6 heteroatoms. The van der Waals surface area contributed by atoms with Gasteiger partial charge in [-0.05, 0) is 24.3 Å². The van der Waals surface area contributed by atoms with Gasteiger partial charge in [-0.3, -0.25) is 0 Å². The number of anilines is 1. The largest absolute Gasteiger partial charge is 0.478 e. The monoisotopic (exact) mass is 233 g/mol. The van der Waals surface area contributed by atoms with Crippen molar-refractivity contribution in [3.05, 3.63) is 41.8 Å². The maximum Gasteiger partial charge on any atom is 0.340 e. The molecule has 1 heterocycles. The van der Waals surface area contributed by atoms with Gasteiger partial charge in [-0.2, -0.15) is 10.2 Å².